The average molecular weight is 394 g/mol. The van der Waals surface area contributed by atoms with E-state index in [0.717, 1.165) is 43.7 Å². The van der Waals surface area contributed by atoms with Gasteiger partial charge < -0.3 is 14.6 Å². The van der Waals surface area contributed by atoms with Crippen molar-refractivity contribution in [1.29, 1.82) is 0 Å². The Hall–Kier alpha value is -3.07. The van der Waals surface area contributed by atoms with Gasteiger partial charge in [0.25, 0.3) is 11.8 Å². The molecule has 0 spiro atoms. The van der Waals surface area contributed by atoms with Crippen LogP contribution in [0.2, 0.25) is 0 Å². The van der Waals surface area contributed by atoms with E-state index in [1.807, 2.05) is 19.1 Å². The standard InChI is InChI=1S/C20H22N6O3/c1-12-16(19(27)22-10-15-3-2-8-28-15)11-23-26(12)17-9-14(6-7-21-17)20-24-18(25-29-20)13-4-5-13/h6-7,9,11,13,15H,2-5,8,10H2,1H3,(H,22,27). The van der Waals surface area contributed by atoms with Crippen LogP contribution < -0.4 is 5.32 Å². The number of pyridine rings is 1. The topological polar surface area (TPSA) is 108 Å². The predicted molar refractivity (Wildman–Crippen MR) is 103 cm³/mol. The second-order valence-electron chi connectivity index (χ2n) is 7.54. The lowest BCUT2D eigenvalue weighted by atomic mass is 10.2. The van der Waals surface area contributed by atoms with Crippen molar-refractivity contribution < 1.29 is 14.1 Å². The van der Waals surface area contributed by atoms with Gasteiger partial charge in [-0.15, -0.1) is 0 Å². The summed E-state index contributed by atoms with van der Waals surface area (Å²) in [6.07, 6.45) is 7.59. The highest BCUT2D eigenvalue weighted by Gasteiger charge is 2.29. The summed E-state index contributed by atoms with van der Waals surface area (Å²) in [6, 6.07) is 3.65. The van der Waals surface area contributed by atoms with Gasteiger partial charge in [-0.1, -0.05) is 5.16 Å². The number of hydrogen-bond acceptors (Lipinski definition) is 7. The number of aromatic nitrogens is 5. The average Bonchev–Trinajstić information content (AvgIpc) is 3.13. The maximum absolute atomic E-state index is 12.6. The third-order valence-corrected chi connectivity index (χ3v) is 5.36. The Morgan fingerprint density at radius 1 is 1.34 bits per heavy atom. The molecule has 0 bridgehead atoms. The van der Waals surface area contributed by atoms with Gasteiger partial charge in [-0.2, -0.15) is 10.1 Å². The van der Waals surface area contributed by atoms with Crippen molar-refractivity contribution in [3.63, 3.8) is 0 Å². The van der Waals surface area contributed by atoms with Crippen LogP contribution in [-0.4, -0.2) is 50.1 Å². The number of ether oxygens (including phenoxy) is 1. The zero-order valence-corrected chi connectivity index (χ0v) is 16.2. The summed E-state index contributed by atoms with van der Waals surface area (Å²) in [4.78, 5) is 21.4. The van der Waals surface area contributed by atoms with Crippen LogP contribution in [-0.2, 0) is 4.74 Å². The Labute approximate surface area is 167 Å². The van der Waals surface area contributed by atoms with Crippen LogP contribution in [0.15, 0.2) is 29.0 Å². The molecule has 1 saturated carbocycles. The summed E-state index contributed by atoms with van der Waals surface area (Å²) in [5.41, 5.74) is 2.00. The molecule has 9 heteroatoms. The number of carbonyl (C=O) groups is 1. The molecule has 1 unspecified atom stereocenters. The van der Waals surface area contributed by atoms with Crippen molar-refractivity contribution in [2.24, 2.45) is 0 Å². The van der Waals surface area contributed by atoms with Crippen molar-refractivity contribution in [3.8, 4) is 17.3 Å². The maximum Gasteiger partial charge on any atom is 0.258 e. The molecule has 1 aliphatic carbocycles. The first-order valence-corrected chi connectivity index (χ1v) is 9.94. The molecule has 4 heterocycles. The predicted octanol–water partition coefficient (Wildman–Crippen LogP) is 2.41. The highest BCUT2D eigenvalue weighted by Crippen LogP contribution is 2.38. The summed E-state index contributed by atoms with van der Waals surface area (Å²) in [5, 5.41) is 11.4. The first kappa shape index (κ1) is 18.0. The van der Waals surface area contributed by atoms with Crippen LogP contribution in [0.1, 0.15) is 53.5 Å². The van der Waals surface area contributed by atoms with Gasteiger partial charge in [0, 0.05) is 30.8 Å². The Kier molecular flexibility index (Phi) is 4.59. The van der Waals surface area contributed by atoms with Crippen LogP contribution in [0, 0.1) is 6.92 Å². The molecule has 1 atom stereocenters. The lowest BCUT2D eigenvalue weighted by Crippen LogP contribution is -2.32. The van der Waals surface area contributed by atoms with Gasteiger partial charge in [0.2, 0.25) is 0 Å². The Bertz CT molecular complexity index is 1030. The summed E-state index contributed by atoms with van der Waals surface area (Å²) in [5.74, 6) is 2.09. The fourth-order valence-corrected chi connectivity index (χ4v) is 3.50. The molecule has 1 saturated heterocycles. The molecule has 29 heavy (non-hydrogen) atoms. The molecule has 9 nitrogen and oxygen atoms in total. The Morgan fingerprint density at radius 2 is 2.24 bits per heavy atom. The maximum atomic E-state index is 12.6. The fraction of sp³-hybridized carbons (Fsp3) is 0.450. The van der Waals surface area contributed by atoms with E-state index in [-0.39, 0.29) is 12.0 Å². The lowest BCUT2D eigenvalue weighted by molar-refractivity contribution is 0.0857. The number of amides is 1. The normalized spacial score (nSPS) is 18.9. The number of nitrogens with one attached hydrogen (secondary N) is 1. The fourth-order valence-electron chi connectivity index (χ4n) is 3.50. The van der Waals surface area contributed by atoms with E-state index in [4.69, 9.17) is 9.26 Å². The zero-order valence-electron chi connectivity index (χ0n) is 16.2. The smallest absolute Gasteiger partial charge is 0.258 e. The molecule has 3 aromatic heterocycles. The molecule has 2 aliphatic rings. The Balaban J connectivity index is 1.34. The van der Waals surface area contributed by atoms with E-state index in [9.17, 15) is 4.79 Å². The molecule has 1 amide bonds. The van der Waals surface area contributed by atoms with Gasteiger partial charge in [-0.05, 0) is 44.7 Å². The van der Waals surface area contributed by atoms with Gasteiger partial charge in [-0.3, -0.25) is 4.79 Å². The summed E-state index contributed by atoms with van der Waals surface area (Å²) < 4.78 is 12.6. The molecule has 150 valence electrons. The van der Waals surface area contributed by atoms with Crippen molar-refractivity contribution >= 4 is 5.91 Å². The number of carbonyl (C=O) groups excluding carboxylic acids is 1. The van der Waals surface area contributed by atoms with Crippen molar-refractivity contribution in [1.82, 2.24) is 30.2 Å². The molecule has 2 fully saturated rings. The van der Waals surface area contributed by atoms with Crippen LogP contribution in [0.25, 0.3) is 17.3 Å². The first-order valence-electron chi connectivity index (χ1n) is 9.94. The molecule has 1 aliphatic heterocycles. The quantitative estimate of drug-likeness (QED) is 0.684. The van der Waals surface area contributed by atoms with Crippen LogP contribution in [0.4, 0.5) is 0 Å². The van der Waals surface area contributed by atoms with Crippen LogP contribution in [0.3, 0.4) is 0 Å². The van der Waals surface area contributed by atoms with Gasteiger partial charge in [0.15, 0.2) is 11.6 Å². The second-order valence-corrected chi connectivity index (χ2v) is 7.54. The summed E-state index contributed by atoms with van der Waals surface area (Å²) in [6.45, 7) is 3.12. The minimum Gasteiger partial charge on any atom is -0.376 e. The van der Waals surface area contributed by atoms with Gasteiger partial charge in [-0.25, -0.2) is 9.67 Å². The summed E-state index contributed by atoms with van der Waals surface area (Å²) in [7, 11) is 0. The van der Waals surface area contributed by atoms with E-state index in [1.54, 1.807) is 17.1 Å². The first-order chi connectivity index (χ1) is 14.2. The zero-order chi connectivity index (χ0) is 19.8. The van der Waals surface area contributed by atoms with Gasteiger partial charge in [0.05, 0.1) is 23.6 Å². The van der Waals surface area contributed by atoms with Crippen molar-refractivity contribution in [2.75, 3.05) is 13.2 Å². The number of nitrogens with zero attached hydrogens (tertiary/aromatic N) is 5. The largest absolute Gasteiger partial charge is 0.376 e. The van der Waals surface area contributed by atoms with E-state index >= 15 is 0 Å². The number of rotatable bonds is 6. The molecule has 0 radical (unpaired) electrons. The van der Waals surface area contributed by atoms with E-state index in [0.29, 0.717) is 35.4 Å². The molecular formula is C20H22N6O3. The molecular weight excluding hydrogens is 372 g/mol. The van der Waals surface area contributed by atoms with Crippen LogP contribution >= 0.6 is 0 Å². The van der Waals surface area contributed by atoms with E-state index < -0.39 is 0 Å². The van der Waals surface area contributed by atoms with E-state index in [1.165, 1.54) is 0 Å². The third kappa shape index (κ3) is 3.65. The monoisotopic (exact) mass is 394 g/mol. The SMILES string of the molecule is Cc1c(C(=O)NCC2CCCO2)cnn1-c1cc(-c2nc(C3CC3)no2)ccn1. The molecule has 1 N–H and O–H groups in total. The highest BCUT2D eigenvalue weighted by atomic mass is 16.5. The Morgan fingerprint density at radius 3 is 3.03 bits per heavy atom. The molecule has 0 aromatic carbocycles. The third-order valence-electron chi connectivity index (χ3n) is 5.36. The minimum atomic E-state index is -0.161. The van der Waals surface area contributed by atoms with Crippen molar-refractivity contribution in [2.45, 2.75) is 44.6 Å². The number of hydrogen-bond donors (Lipinski definition) is 1. The minimum absolute atomic E-state index is 0.0996. The molecule has 3 aromatic rings. The summed E-state index contributed by atoms with van der Waals surface area (Å²) >= 11 is 0. The van der Waals surface area contributed by atoms with E-state index in [2.05, 4.69) is 25.5 Å². The van der Waals surface area contributed by atoms with Crippen molar-refractivity contribution in [3.05, 3.63) is 41.6 Å². The molecule has 5 rings (SSSR count). The highest BCUT2D eigenvalue weighted by molar-refractivity contribution is 5.95. The van der Waals surface area contributed by atoms with Crippen LogP contribution in [0.5, 0.6) is 0 Å². The van der Waals surface area contributed by atoms with Gasteiger partial charge in [0.1, 0.15) is 0 Å². The second kappa shape index (κ2) is 7.40. The lowest BCUT2D eigenvalue weighted by Gasteiger charge is -2.10. The van der Waals surface area contributed by atoms with Gasteiger partial charge >= 0.3 is 0 Å².